The van der Waals surface area contributed by atoms with Crippen molar-refractivity contribution in [3.63, 3.8) is 0 Å². The molecule has 2 fully saturated rings. The van der Waals surface area contributed by atoms with Gasteiger partial charge in [0.25, 0.3) is 0 Å². The summed E-state index contributed by atoms with van der Waals surface area (Å²) in [6.07, 6.45) is 9.59. The Balaban J connectivity index is 1.41. The molecule has 1 unspecified atom stereocenters. The molecule has 116 valence electrons. The molecular formula is C19H30N2. The zero-order valence-electron chi connectivity index (χ0n) is 13.3. The molecular weight excluding hydrogens is 256 g/mol. The molecule has 2 heteroatoms. The first-order chi connectivity index (χ1) is 10.4. The SMILES string of the molecule is c1ccc(CCCC2CCCN2CC2CCNCC2)cc1. The van der Waals surface area contributed by atoms with Crippen molar-refractivity contribution in [3.8, 4) is 0 Å². The maximum Gasteiger partial charge on any atom is 0.00959 e. The van der Waals surface area contributed by atoms with E-state index in [4.69, 9.17) is 0 Å². The molecule has 2 heterocycles. The Morgan fingerprint density at radius 1 is 1.05 bits per heavy atom. The van der Waals surface area contributed by atoms with Crippen molar-refractivity contribution in [1.29, 1.82) is 0 Å². The van der Waals surface area contributed by atoms with Crippen molar-refractivity contribution >= 4 is 0 Å². The number of hydrogen-bond donors (Lipinski definition) is 1. The maximum absolute atomic E-state index is 3.48. The highest BCUT2D eigenvalue weighted by Crippen LogP contribution is 2.25. The van der Waals surface area contributed by atoms with Crippen molar-refractivity contribution in [1.82, 2.24) is 10.2 Å². The predicted molar refractivity (Wildman–Crippen MR) is 89.6 cm³/mol. The fraction of sp³-hybridized carbons (Fsp3) is 0.684. The first-order valence-corrected chi connectivity index (χ1v) is 8.90. The van der Waals surface area contributed by atoms with Crippen LogP contribution in [0.5, 0.6) is 0 Å². The zero-order valence-corrected chi connectivity index (χ0v) is 13.3. The molecule has 0 aliphatic carbocycles. The van der Waals surface area contributed by atoms with E-state index >= 15 is 0 Å². The summed E-state index contributed by atoms with van der Waals surface area (Å²) in [5, 5.41) is 3.48. The first kappa shape index (κ1) is 15.1. The third kappa shape index (κ3) is 4.55. The summed E-state index contributed by atoms with van der Waals surface area (Å²) >= 11 is 0. The van der Waals surface area contributed by atoms with E-state index in [0.717, 1.165) is 12.0 Å². The Morgan fingerprint density at radius 3 is 2.67 bits per heavy atom. The Hall–Kier alpha value is -0.860. The zero-order chi connectivity index (χ0) is 14.3. The van der Waals surface area contributed by atoms with Gasteiger partial charge in [0.15, 0.2) is 0 Å². The van der Waals surface area contributed by atoms with Gasteiger partial charge < -0.3 is 10.2 Å². The lowest BCUT2D eigenvalue weighted by atomic mass is 9.96. The van der Waals surface area contributed by atoms with Crippen molar-refractivity contribution in [2.75, 3.05) is 26.2 Å². The molecule has 1 N–H and O–H groups in total. The van der Waals surface area contributed by atoms with Crippen molar-refractivity contribution < 1.29 is 0 Å². The molecule has 1 aromatic rings. The normalized spacial score (nSPS) is 24.5. The van der Waals surface area contributed by atoms with Gasteiger partial charge >= 0.3 is 0 Å². The molecule has 2 nitrogen and oxygen atoms in total. The Labute approximate surface area is 129 Å². The summed E-state index contributed by atoms with van der Waals surface area (Å²) in [5.41, 5.74) is 1.50. The second-order valence-electron chi connectivity index (χ2n) is 6.86. The third-order valence-corrected chi connectivity index (χ3v) is 5.30. The average Bonchev–Trinajstić information content (AvgIpc) is 2.97. The topological polar surface area (TPSA) is 15.3 Å². The minimum absolute atomic E-state index is 0.864. The van der Waals surface area contributed by atoms with E-state index in [2.05, 4.69) is 40.5 Å². The second kappa shape index (κ2) is 7.95. The number of nitrogens with zero attached hydrogens (tertiary/aromatic N) is 1. The molecule has 3 rings (SSSR count). The molecule has 0 saturated carbocycles. The van der Waals surface area contributed by atoms with E-state index in [1.54, 1.807) is 0 Å². The molecule has 1 atom stereocenters. The number of hydrogen-bond acceptors (Lipinski definition) is 2. The van der Waals surface area contributed by atoms with Crippen LogP contribution in [-0.2, 0) is 6.42 Å². The lowest BCUT2D eigenvalue weighted by Crippen LogP contribution is -2.38. The van der Waals surface area contributed by atoms with Gasteiger partial charge in [0.05, 0.1) is 0 Å². The second-order valence-corrected chi connectivity index (χ2v) is 6.86. The maximum atomic E-state index is 3.48. The number of benzene rings is 1. The van der Waals surface area contributed by atoms with Gasteiger partial charge in [-0.15, -0.1) is 0 Å². The van der Waals surface area contributed by atoms with Crippen molar-refractivity contribution in [2.24, 2.45) is 5.92 Å². The quantitative estimate of drug-likeness (QED) is 0.861. The number of aryl methyl sites for hydroxylation is 1. The van der Waals surface area contributed by atoms with Crippen LogP contribution < -0.4 is 5.32 Å². The van der Waals surface area contributed by atoms with Crippen LogP contribution in [0.2, 0.25) is 0 Å². The number of piperidine rings is 1. The minimum atomic E-state index is 0.864. The van der Waals surface area contributed by atoms with E-state index in [1.807, 2.05) is 0 Å². The summed E-state index contributed by atoms with van der Waals surface area (Å²) in [5.74, 6) is 0.945. The van der Waals surface area contributed by atoms with E-state index in [9.17, 15) is 0 Å². The van der Waals surface area contributed by atoms with Crippen LogP contribution in [0.25, 0.3) is 0 Å². The molecule has 0 amide bonds. The molecule has 0 radical (unpaired) electrons. The van der Waals surface area contributed by atoms with Gasteiger partial charge in [-0.25, -0.2) is 0 Å². The largest absolute Gasteiger partial charge is 0.317 e. The summed E-state index contributed by atoms with van der Waals surface area (Å²) in [4.78, 5) is 2.81. The summed E-state index contributed by atoms with van der Waals surface area (Å²) < 4.78 is 0. The van der Waals surface area contributed by atoms with Crippen LogP contribution >= 0.6 is 0 Å². The van der Waals surface area contributed by atoms with Gasteiger partial charge in [-0.1, -0.05) is 30.3 Å². The smallest absolute Gasteiger partial charge is 0.00959 e. The fourth-order valence-electron chi connectivity index (χ4n) is 4.04. The van der Waals surface area contributed by atoms with Gasteiger partial charge in [-0.3, -0.25) is 0 Å². The number of nitrogens with one attached hydrogen (secondary N) is 1. The fourth-order valence-corrected chi connectivity index (χ4v) is 4.04. The summed E-state index contributed by atoms with van der Waals surface area (Å²) in [6, 6.07) is 11.8. The molecule has 0 aromatic heterocycles. The lowest BCUT2D eigenvalue weighted by molar-refractivity contribution is 0.184. The molecule has 1 aromatic carbocycles. The van der Waals surface area contributed by atoms with Crippen molar-refractivity contribution in [2.45, 2.75) is 51.0 Å². The molecule has 2 saturated heterocycles. The molecule has 2 aliphatic rings. The molecule has 0 bridgehead atoms. The minimum Gasteiger partial charge on any atom is -0.317 e. The average molecular weight is 286 g/mol. The summed E-state index contributed by atoms with van der Waals surface area (Å²) in [7, 11) is 0. The highest BCUT2D eigenvalue weighted by molar-refractivity contribution is 5.14. The van der Waals surface area contributed by atoms with E-state index in [1.165, 1.54) is 76.7 Å². The van der Waals surface area contributed by atoms with Crippen LogP contribution in [0.3, 0.4) is 0 Å². The highest BCUT2D eigenvalue weighted by Gasteiger charge is 2.26. The van der Waals surface area contributed by atoms with Crippen LogP contribution in [0, 0.1) is 5.92 Å². The van der Waals surface area contributed by atoms with E-state index in [-0.39, 0.29) is 0 Å². The van der Waals surface area contributed by atoms with E-state index < -0.39 is 0 Å². The molecule has 0 spiro atoms. The van der Waals surface area contributed by atoms with E-state index in [0.29, 0.717) is 0 Å². The molecule has 21 heavy (non-hydrogen) atoms. The Kier molecular flexibility index (Phi) is 5.70. The lowest BCUT2D eigenvalue weighted by Gasteiger charge is -2.31. The van der Waals surface area contributed by atoms with Crippen LogP contribution in [0.1, 0.15) is 44.1 Å². The van der Waals surface area contributed by atoms with Gasteiger partial charge in [-0.2, -0.15) is 0 Å². The Bertz CT molecular complexity index is 397. The molecule has 2 aliphatic heterocycles. The first-order valence-electron chi connectivity index (χ1n) is 8.90. The van der Waals surface area contributed by atoms with Crippen LogP contribution in [0.15, 0.2) is 30.3 Å². The monoisotopic (exact) mass is 286 g/mol. The van der Waals surface area contributed by atoms with Gasteiger partial charge in [0, 0.05) is 12.6 Å². The highest BCUT2D eigenvalue weighted by atomic mass is 15.2. The third-order valence-electron chi connectivity index (χ3n) is 5.30. The Morgan fingerprint density at radius 2 is 1.86 bits per heavy atom. The summed E-state index contributed by atoms with van der Waals surface area (Å²) in [6.45, 7) is 5.17. The van der Waals surface area contributed by atoms with Gasteiger partial charge in [0.2, 0.25) is 0 Å². The number of rotatable bonds is 6. The number of likely N-dealkylation sites (tertiary alicyclic amines) is 1. The van der Waals surface area contributed by atoms with Gasteiger partial charge in [0.1, 0.15) is 0 Å². The van der Waals surface area contributed by atoms with Crippen molar-refractivity contribution in [3.05, 3.63) is 35.9 Å². The van der Waals surface area contributed by atoms with Crippen LogP contribution in [-0.4, -0.2) is 37.1 Å². The van der Waals surface area contributed by atoms with Crippen LogP contribution in [0.4, 0.5) is 0 Å². The van der Waals surface area contributed by atoms with Gasteiger partial charge in [-0.05, 0) is 76.1 Å². The predicted octanol–water partition coefficient (Wildman–Crippen LogP) is 3.47. The standard InChI is InChI=1S/C19H30N2/c1-2-6-17(7-3-1)8-4-9-19-10-5-15-21(19)16-18-11-13-20-14-12-18/h1-3,6-7,18-20H,4-5,8-16H2.